The number of nitrogens with two attached hydrogens (primary N) is 1. The maximum atomic E-state index is 11.7. The Morgan fingerprint density at radius 1 is 0.964 bits per heavy atom. The van der Waals surface area contributed by atoms with Gasteiger partial charge in [0.05, 0.1) is 12.7 Å². The van der Waals surface area contributed by atoms with Gasteiger partial charge in [0.25, 0.3) is 0 Å². The fourth-order valence-electron chi connectivity index (χ4n) is 2.93. The highest BCUT2D eigenvalue weighted by molar-refractivity contribution is 5.79. The molecule has 0 spiro atoms. The first-order valence-corrected chi connectivity index (χ1v) is 10.5. The number of carbonyl (C=O) groups is 2. The molecular weight excluding hydrogens is 362 g/mol. The van der Waals surface area contributed by atoms with Crippen LogP contribution in [0.4, 0.5) is 0 Å². The summed E-state index contributed by atoms with van der Waals surface area (Å²) in [5.74, 6) is -1.20. The van der Waals surface area contributed by atoms with E-state index in [-0.39, 0.29) is 6.42 Å². The number of rotatable bonds is 18. The first-order valence-electron chi connectivity index (χ1n) is 10.5. The van der Waals surface area contributed by atoms with Gasteiger partial charge in [-0.15, -0.1) is 0 Å². The van der Waals surface area contributed by atoms with Gasteiger partial charge in [-0.1, -0.05) is 51.2 Å². The molecule has 0 aromatic heterocycles. The summed E-state index contributed by atoms with van der Waals surface area (Å²) in [6.45, 7) is 1.19. The maximum Gasteiger partial charge on any atom is 0.328 e. The van der Waals surface area contributed by atoms with Crippen LogP contribution in [-0.2, 0) is 9.59 Å². The monoisotopic (exact) mass is 401 g/mol. The molecule has 0 radical (unpaired) electrons. The van der Waals surface area contributed by atoms with Gasteiger partial charge in [0.15, 0.2) is 5.54 Å². The van der Waals surface area contributed by atoms with Gasteiger partial charge in [-0.3, -0.25) is 9.59 Å². The zero-order valence-corrected chi connectivity index (χ0v) is 17.2. The van der Waals surface area contributed by atoms with Crippen LogP contribution in [0.15, 0.2) is 12.2 Å². The third-order valence-corrected chi connectivity index (χ3v) is 4.98. The van der Waals surface area contributed by atoms with Crippen molar-refractivity contribution in [3.05, 3.63) is 12.2 Å². The first-order chi connectivity index (χ1) is 13.3. The molecule has 0 aliphatic heterocycles. The molecule has 0 saturated carbocycles. The summed E-state index contributed by atoms with van der Waals surface area (Å²) in [5.41, 5.74) is 3.16. The zero-order valence-electron chi connectivity index (χ0n) is 17.2. The SMILES string of the molecule is CCCCCCC(=O)CCCCCC/C=C/C[C@H](O)[C@H](O)[C@@](N)(CO)C(=O)O. The standard InChI is InChI=1S/C21H39NO6/c1-2-3-4-10-13-17(24)14-11-8-6-5-7-9-12-15-18(25)19(26)21(22,16-23)20(27)28/h9,12,18-19,23,25-26H,2-8,10-11,13-16,22H2,1H3,(H,27,28)/b12-9+/t18-,19-,21-/m0/s1. The molecule has 164 valence electrons. The van der Waals surface area contributed by atoms with E-state index in [1.807, 2.05) is 6.08 Å². The number of ketones is 1. The second-order valence-corrected chi connectivity index (χ2v) is 7.53. The molecule has 6 N–H and O–H groups in total. The number of hydrogen-bond acceptors (Lipinski definition) is 6. The first kappa shape index (κ1) is 26.7. The second-order valence-electron chi connectivity index (χ2n) is 7.53. The van der Waals surface area contributed by atoms with Gasteiger partial charge >= 0.3 is 5.97 Å². The van der Waals surface area contributed by atoms with Gasteiger partial charge < -0.3 is 26.2 Å². The molecule has 0 aromatic carbocycles. The molecule has 0 aromatic rings. The number of allylic oxidation sites excluding steroid dienone is 1. The smallest absolute Gasteiger partial charge is 0.328 e. The van der Waals surface area contributed by atoms with Crippen LogP contribution in [0.2, 0.25) is 0 Å². The van der Waals surface area contributed by atoms with Crippen LogP contribution in [-0.4, -0.2) is 56.5 Å². The van der Waals surface area contributed by atoms with Crippen molar-refractivity contribution in [3.63, 3.8) is 0 Å². The molecular formula is C21H39NO6. The Bertz CT molecular complexity index is 468. The average molecular weight is 402 g/mol. The number of carboxylic acid groups (broad SMARTS) is 1. The number of hydrogen-bond donors (Lipinski definition) is 5. The van der Waals surface area contributed by atoms with E-state index >= 15 is 0 Å². The summed E-state index contributed by atoms with van der Waals surface area (Å²) in [6, 6.07) is 0. The van der Waals surface area contributed by atoms with Crippen LogP contribution in [0, 0.1) is 0 Å². The Kier molecular flexibility index (Phi) is 14.9. The Balaban J connectivity index is 3.80. The van der Waals surface area contributed by atoms with Crippen LogP contribution < -0.4 is 5.73 Å². The van der Waals surface area contributed by atoms with Crippen molar-refractivity contribution < 1.29 is 30.0 Å². The van der Waals surface area contributed by atoms with Crippen molar-refractivity contribution >= 4 is 11.8 Å². The zero-order chi connectivity index (χ0) is 21.4. The van der Waals surface area contributed by atoms with Gasteiger partial charge in [0, 0.05) is 12.8 Å². The quantitative estimate of drug-likeness (QED) is 0.175. The summed E-state index contributed by atoms with van der Waals surface area (Å²) in [7, 11) is 0. The normalized spacial score (nSPS) is 16.0. The molecule has 3 atom stereocenters. The number of aliphatic carboxylic acids is 1. The molecule has 0 heterocycles. The highest BCUT2D eigenvalue weighted by atomic mass is 16.4. The molecule has 0 aliphatic rings. The predicted octanol–water partition coefficient (Wildman–Crippen LogP) is 2.31. The van der Waals surface area contributed by atoms with Gasteiger partial charge in [0.1, 0.15) is 11.9 Å². The lowest BCUT2D eigenvalue weighted by Gasteiger charge is -2.30. The number of carboxylic acids is 1. The minimum absolute atomic E-state index is 0.0555. The molecule has 0 saturated heterocycles. The lowest BCUT2D eigenvalue weighted by atomic mass is 9.89. The van der Waals surface area contributed by atoms with E-state index in [2.05, 4.69) is 6.92 Å². The Labute approximate surface area is 168 Å². The van der Waals surface area contributed by atoms with Gasteiger partial charge in [-0.25, -0.2) is 0 Å². The fourth-order valence-corrected chi connectivity index (χ4v) is 2.93. The molecule has 0 amide bonds. The molecule has 7 heteroatoms. The fraction of sp³-hybridized carbons (Fsp3) is 0.810. The van der Waals surface area contributed by atoms with Gasteiger partial charge in [0.2, 0.25) is 0 Å². The van der Waals surface area contributed by atoms with E-state index in [9.17, 15) is 19.8 Å². The van der Waals surface area contributed by atoms with Crippen molar-refractivity contribution in [2.24, 2.45) is 5.73 Å². The van der Waals surface area contributed by atoms with E-state index in [0.29, 0.717) is 18.6 Å². The molecule has 0 aliphatic carbocycles. The van der Waals surface area contributed by atoms with Crippen LogP contribution in [0.1, 0.15) is 84.0 Å². The highest BCUT2D eigenvalue weighted by Crippen LogP contribution is 2.15. The number of Topliss-reactive ketones (excluding diaryl/α,β-unsaturated/α-hetero) is 1. The van der Waals surface area contributed by atoms with Crippen molar-refractivity contribution in [2.75, 3.05) is 6.61 Å². The largest absolute Gasteiger partial charge is 0.480 e. The predicted molar refractivity (Wildman–Crippen MR) is 109 cm³/mol. The van der Waals surface area contributed by atoms with E-state index < -0.39 is 30.3 Å². The van der Waals surface area contributed by atoms with E-state index in [1.54, 1.807) is 6.08 Å². The summed E-state index contributed by atoms with van der Waals surface area (Å²) in [4.78, 5) is 22.7. The van der Waals surface area contributed by atoms with Crippen LogP contribution in [0.5, 0.6) is 0 Å². The molecule has 0 fully saturated rings. The lowest BCUT2D eigenvalue weighted by Crippen LogP contribution is -2.63. The van der Waals surface area contributed by atoms with Crippen LogP contribution in [0.25, 0.3) is 0 Å². The van der Waals surface area contributed by atoms with E-state index in [4.69, 9.17) is 15.9 Å². The average Bonchev–Trinajstić information content (AvgIpc) is 2.68. The van der Waals surface area contributed by atoms with Crippen molar-refractivity contribution in [1.82, 2.24) is 0 Å². The summed E-state index contributed by atoms with van der Waals surface area (Å²) < 4.78 is 0. The van der Waals surface area contributed by atoms with Crippen molar-refractivity contribution in [1.29, 1.82) is 0 Å². The second kappa shape index (κ2) is 15.6. The van der Waals surface area contributed by atoms with Crippen LogP contribution in [0.3, 0.4) is 0 Å². The number of aliphatic hydroxyl groups excluding tert-OH is 3. The van der Waals surface area contributed by atoms with Crippen LogP contribution >= 0.6 is 0 Å². The Morgan fingerprint density at radius 2 is 1.54 bits per heavy atom. The molecule has 28 heavy (non-hydrogen) atoms. The topological polar surface area (TPSA) is 141 Å². The highest BCUT2D eigenvalue weighted by Gasteiger charge is 2.44. The number of unbranched alkanes of at least 4 members (excludes halogenated alkanes) is 7. The minimum atomic E-state index is -2.28. The third kappa shape index (κ3) is 10.9. The van der Waals surface area contributed by atoms with Gasteiger partial charge in [-0.2, -0.15) is 0 Å². The minimum Gasteiger partial charge on any atom is -0.480 e. The molecule has 0 unspecified atom stereocenters. The van der Waals surface area contributed by atoms with E-state index in [1.165, 1.54) is 12.8 Å². The van der Waals surface area contributed by atoms with Gasteiger partial charge in [-0.05, 0) is 32.1 Å². The summed E-state index contributed by atoms with van der Waals surface area (Å²) >= 11 is 0. The summed E-state index contributed by atoms with van der Waals surface area (Å²) in [6.07, 6.45) is 11.1. The lowest BCUT2D eigenvalue weighted by molar-refractivity contribution is -0.155. The Hall–Kier alpha value is -1.28. The third-order valence-electron chi connectivity index (χ3n) is 4.98. The summed E-state index contributed by atoms with van der Waals surface area (Å²) in [5, 5.41) is 37.8. The van der Waals surface area contributed by atoms with E-state index in [0.717, 1.165) is 44.9 Å². The Morgan fingerprint density at radius 3 is 2.07 bits per heavy atom. The van der Waals surface area contributed by atoms with Crippen molar-refractivity contribution in [2.45, 2.75) is 102 Å². The number of aliphatic hydroxyl groups is 3. The molecule has 0 rings (SSSR count). The number of carbonyl (C=O) groups excluding carboxylic acids is 1. The molecule has 7 nitrogen and oxygen atoms in total. The molecule has 0 bridgehead atoms. The van der Waals surface area contributed by atoms with Crippen molar-refractivity contribution in [3.8, 4) is 0 Å². The maximum absolute atomic E-state index is 11.7.